The molecular formula is C15H31NSi. The van der Waals surface area contributed by atoms with Gasteiger partial charge in [-0.1, -0.05) is 51.4 Å². The Labute approximate surface area is 109 Å². The molecule has 1 fully saturated rings. The fourth-order valence-electron chi connectivity index (χ4n) is 3.04. The molecular weight excluding hydrogens is 222 g/mol. The maximum Gasteiger partial charge on any atom is 0.0568 e. The quantitative estimate of drug-likeness (QED) is 0.584. The van der Waals surface area contributed by atoms with Gasteiger partial charge >= 0.3 is 0 Å². The van der Waals surface area contributed by atoms with Crippen LogP contribution in [0.3, 0.4) is 0 Å². The van der Waals surface area contributed by atoms with E-state index in [9.17, 15) is 0 Å². The summed E-state index contributed by atoms with van der Waals surface area (Å²) < 4.78 is 0. The molecule has 0 atom stereocenters. The summed E-state index contributed by atoms with van der Waals surface area (Å²) >= 11 is 0. The number of allylic oxidation sites excluding steroid dienone is 1. The van der Waals surface area contributed by atoms with Gasteiger partial charge in [-0.15, -0.1) is 0 Å². The van der Waals surface area contributed by atoms with E-state index in [4.69, 9.17) is 0 Å². The zero-order chi connectivity index (χ0) is 12.6. The first-order valence-electron chi connectivity index (χ1n) is 7.67. The minimum Gasteiger partial charge on any atom is -0.378 e. The van der Waals surface area contributed by atoms with E-state index in [1.165, 1.54) is 62.9 Å². The van der Waals surface area contributed by atoms with Gasteiger partial charge in [0.2, 0.25) is 0 Å². The van der Waals surface area contributed by atoms with Gasteiger partial charge in [0.05, 0.1) is 8.07 Å². The Balaban J connectivity index is 2.41. The summed E-state index contributed by atoms with van der Waals surface area (Å²) in [6.07, 6.45) is 10.5. The van der Waals surface area contributed by atoms with E-state index in [0.29, 0.717) is 0 Å². The van der Waals surface area contributed by atoms with E-state index in [1.54, 1.807) is 0 Å². The Hall–Kier alpha value is -0.243. The molecule has 0 bridgehead atoms. The normalized spacial score (nSPS) is 17.9. The molecule has 1 aliphatic rings. The van der Waals surface area contributed by atoms with Gasteiger partial charge in [0.15, 0.2) is 0 Å². The van der Waals surface area contributed by atoms with Crippen LogP contribution < -0.4 is 0 Å². The molecule has 100 valence electrons. The van der Waals surface area contributed by atoms with Crippen molar-refractivity contribution in [3.05, 3.63) is 12.3 Å². The second-order valence-electron chi connectivity index (χ2n) is 5.64. The molecule has 0 radical (unpaired) electrons. The van der Waals surface area contributed by atoms with Crippen molar-refractivity contribution in [3.8, 4) is 0 Å². The molecule has 1 nitrogen and oxygen atoms in total. The SMILES string of the molecule is CCC[Si](CC)(CC)CC=CN1CCCCC1. The van der Waals surface area contributed by atoms with Gasteiger partial charge in [-0.25, -0.2) is 0 Å². The molecule has 1 saturated heterocycles. The van der Waals surface area contributed by atoms with E-state index in [0.717, 1.165) is 0 Å². The highest BCUT2D eigenvalue weighted by Gasteiger charge is 2.25. The molecule has 0 aromatic heterocycles. The summed E-state index contributed by atoms with van der Waals surface area (Å²) in [6.45, 7) is 9.76. The number of nitrogens with zero attached hydrogens (tertiary/aromatic N) is 1. The first kappa shape index (κ1) is 14.8. The van der Waals surface area contributed by atoms with Gasteiger partial charge in [-0.3, -0.25) is 0 Å². The fraction of sp³-hybridized carbons (Fsp3) is 0.867. The van der Waals surface area contributed by atoms with Crippen LogP contribution >= 0.6 is 0 Å². The lowest BCUT2D eigenvalue weighted by molar-refractivity contribution is 0.309. The highest BCUT2D eigenvalue weighted by atomic mass is 28.3. The van der Waals surface area contributed by atoms with Crippen molar-refractivity contribution >= 4 is 8.07 Å². The first-order chi connectivity index (χ1) is 8.26. The molecule has 0 spiro atoms. The Kier molecular flexibility index (Phi) is 6.94. The standard InChI is InChI=1S/C15H31NSi/c1-4-14-17(5-2,6-3)15-10-13-16-11-8-7-9-12-16/h10,13H,4-9,11-12,14-15H2,1-3H3. The molecule has 1 rings (SSSR count). The van der Waals surface area contributed by atoms with Crippen molar-refractivity contribution in [2.45, 2.75) is 70.6 Å². The monoisotopic (exact) mass is 253 g/mol. The minimum atomic E-state index is -0.941. The average Bonchev–Trinajstić information content (AvgIpc) is 2.39. The zero-order valence-corrected chi connectivity index (χ0v) is 13.2. The zero-order valence-electron chi connectivity index (χ0n) is 12.2. The van der Waals surface area contributed by atoms with E-state index >= 15 is 0 Å². The van der Waals surface area contributed by atoms with Crippen LogP contribution in [0.25, 0.3) is 0 Å². The summed E-state index contributed by atoms with van der Waals surface area (Å²) in [5.41, 5.74) is 0. The topological polar surface area (TPSA) is 3.24 Å². The lowest BCUT2D eigenvalue weighted by Crippen LogP contribution is -2.31. The van der Waals surface area contributed by atoms with Crippen molar-refractivity contribution in [2.75, 3.05) is 13.1 Å². The van der Waals surface area contributed by atoms with Crippen LogP contribution in [-0.4, -0.2) is 26.1 Å². The lowest BCUT2D eigenvalue weighted by Gasteiger charge is -2.29. The summed E-state index contributed by atoms with van der Waals surface area (Å²) in [6, 6.07) is 5.85. The minimum absolute atomic E-state index is 0.941. The van der Waals surface area contributed by atoms with Gasteiger partial charge in [-0.2, -0.15) is 0 Å². The van der Waals surface area contributed by atoms with E-state index in [-0.39, 0.29) is 0 Å². The van der Waals surface area contributed by atoms with Gasteiger partial charge < -0.3 is 4.90 Å². The van der Waals surface area contributed by atoms with Gasteiger partial charge in [0, 0.05) is 13.1 Å². The summed E-state index contributed by atoms with van der Waals surface area (Å²) in [4.78, 5) is 2.53. The van der Waals surface area contributed by atoms with E-state index in [1.807, 2.05) is 0 Å². The molecule has 2 heteroatoms. The van der Waals surface area contributed by atoms with Gasteiger partial charge in [0.25, 0.3) is 0 Å². The van der Waals surface area contributed by atoms with Gasteiger partial charge in [0.1, 0.15) is 0 Å². The van der Waals surface area contributed by atoms with Crippen LogP contribution in [0.15, 0.2) is 12.3 Å². The fourth-order valence-corrected chi connectivity index (χ4v) is 6.70. The Bertz CT molecular complexity index is 215. The molecule has 1 heterocycles. The number of hydrogen-bond donors (Lipinski definition) is 0. The van der Waals surface area contributed by atoms with Crippen molar-refractivity contribution < 1.29 is 0 Å². The first-order valence-corrected chi connectivity index (χ1v) is 10.5. The maximum atomic E-state index is 2.53. The molecule has 0 aromatic rings. The average molecular weight is 254 g/mol. The van der Waals surface area contributed by atoms with Crippen molar-refractivity contribution in [1.82, 2.24) is 4.90 Å². The highest BCUT2D eigenvalue weighted by Crippen LogP contribution is 2.27. The Morgan fingerprint density at radius 1 is 1.00 bits per heavy atom. The van der Waals surface area contributed by atoms with Crippen LogP contribution in [0, 0.1) is 0 Å². The predicted molar refractivity (Wildman–Crippen MR) is 81.2 cm³/mol. The number of hydrogen-bond acceptors (Lipinski definition) is 1. The molecule has 0 aromatic carbocycles. The molecule has 17 heavy (non-hydrogen) atoms. The van der Waals surface area contributed by atoms with Crippen LogP contribution in [0.5, 0.6) is 0 Å². The van der Waals surface area contributed by atoms with E-state index in [2.05, 4.69) is 37.9 Å². The summed E-state index contributed by atoms with van der Waals surface area (Å²) in [7, 11) is -0.941. The second kappa shape index (κ2) is 7.96. The van der Waals surface area contributed by atoms with Crippen molar-refractivity contribution in [2.24, 2.45) is 0 Å². The number of rotatable bonds is 7. The molecule has 0 saturated carbocycles. The van der Waals surface area contributed by atoms with Crippen LogP contribution in [0.2, 0.25) is 24.2 Å². The van der Waals surface area contributed by atoms with Crippen LogP contribution in [0.4, 0.5) is 0 Å². The maximum absolute atomic E-state index is 2.53. The van der Waals surface area contributed by atoms with Crippen LogP contribution in [-0.2, 0) is 0 Å². The van der Waals surface area contributed by atoms with Gasteiger partial charge in [-0.05, 0) is 31.5 Å². The molecule has 0 aliphatic carbocycles. The van der Waals surface area contributed by atoms with Crippen molar-refractivity contribution in [3.63, 3.8) is 0 Å². The summed E-state index contributed by atoms with van der Waals surface area (Å²) in [5.74, 6) is 0. The predicted octanol–water partition coefficient (Wildman–Crippen LogP) is 4.88. The smallest absolute Gasteiger partial charge is 0.0568 e. The largest absolute Gasteiger partial charge is 0.378 e. The molecule has 0 unspecified atom stereocenters. The summed E-state index contributed by atoms with van der Waals surface area (Å²) in [5, 5.41) is 0. The molecule has 0 N–H and O–H groups in total. The number of piperidine rings is 1. The third kappa shape index (κ3) is 4.87. The highest BCUT2D eigenvalue weighted by molar-refractivity contribution is 6.80. The Morgan fingerprint density at radius 2 is 1.65 bits per heavy atom. The lowest BCUT2D eigenvalue weighted by atomic mass is 10.1. The second-order valence-corrected chi connectivity index (χ2v) is 11.0. The van der Waals surface area contributed by atoms with Crippen LogP contribution in [0.1, 0.15) is 46.5 Å². The third-order valence-corrected chi connectivity index (χ3v) is 10.2. The number of likely N-dealkylation sites (tertiary alicyclic amines) is 1. The molecule has 1 aliphatic heterocycles. The Morgan fingerprint density at radius 3 is 2.18 bits per heavy atom. The van der Waals surface area contributed by atoms with Crippen molar-refractivity contribution in [1.29, 1.82) is 0 Å². The molecule has 0 amide bonds. The third-order valence-electron chi connectivity index (χ3n) is 4.54. The van der Waals surface area contributed by atoms with E-state index < -0.39 is 8.07 Å².